The van der Waals surface area contributed by atoms with Crippen LogP contribution < -0.4 is 0 Å². The second kappa shape index (κ2) is 4.28. The minimum absolute atomic E-state index is 0.0193. The number of nitrogens with zero attached hydrogens (tertiary/aromatic N) is 3. The van der Waals surface area contributed by atoms with E-state index in [2.05, 4.69) is 27.7 Å². The van der Waals surface area contributed by atoms with E-state index in [-0.39, 0.29) is 12.3 Å². The van der Waals surface area contributed by atoms with Crippen LogP contribution in [0.4, 0.5) is 0 Å². The largest absolute Gasteiger partial charge is 0.481 e. The third-order valence-electron chi connectivity index (χ3n) is 2.93. The summed E-state index contributed by atoms with van der Waals surface area (Å²) in [6.07, 6.45) is 3.47. The lowest BCUT2D eigenvalue weighted by Crippen LogP contribution is -2.64. The lowest BCUT2D eigenvalue weighted by Gasteiger charge is -2.49. The number of halogens is 1. The number of carboxylic acids is 1. The van der Waals surface area contributed by atoms with Crippen molar-refractivity contribution < 1.29 is 14.7 Å². The normalized spacial score (nSPS) is 17.6. The average Bonchev–Trinajstić information content (AvgIpc) is 2.56. The number of amides is 1. The molecule has 0 saturated carbocycles. The molecule has 1 N–H and O–H groups in total. The van der Waals surface area contributed by atoms with Crippen LogP contribution in [0.25, 0.3) is 0 Å². The standard InChI is InChI=1S/C10H12IN3O3/c1-7(15)13-5-10(6-13,2-9(16)17)14-4-8(11)3-12-14/h3-4H,2,5-6H2,1H3,(H,16,17). The molecule has 0 radical (unpaired) electrons. The summed E-state index contributed by atoms with van der Waals surface area (Å²) in [6, 6.07) is 0. The van der Waals surface area contributed by atoms with E-state index in [1.807, 2.05) is 0 Å². The molecule has 0 unspecified atom stereocenters. The van der Waals surface area contributed by atoms with Gasteiger partial charge in [0, 0.05) is 26.2 Å². The first-order chi connectivity index (χ1) is 7.93. The fourth-order valence-electron chi connectivity index (χ4n) is 2.07. The predicted octanol–water partition coefficient (Wildman–Crippen LogP) is 0.520. The SMILES string of the molecule is CC(=O)N1CC(CC(=O)O)(n2cc(I)cn2)C1. The first-order valence-corrected chi connectivity index (χ1v) is 6.19. The molecule has 1 aromatic rings. The van der Waals surface area contributed by atoms with Crippen LogP contribution in [0.15, 0.2) is 12.4 Å². The maximum atomic E-state index is 11.2. The van der Waals surface area contributed by atoms with Crippen LogP contribution in [0, 0.1) is 3.57 Å². The number of hydrogen-bond acceptors (Lipinski definition) is 3. The molecule has 1 fully saturated rings. The summed E-state index contributed by atoms with van der Waals surface area (Å²) in [7, 11) is 0. The molecule has 1 amide bonds. The molecule has 1 aromatic heterocycles. The van der Waals surface area contributed by atoms with Gasteiger partial charge >= 0.3 is 5.97 Å². The van der Waals surface area contributed by atoms with Crippen LogP contribution in [-0.4, -0.2) is 44.8 Å². The van der Waals surface area contributed by atoms with Gasteiger partial charge in [-0.3, -0.25) is 14.3 Å². The number of rotatable bonds is 3. The Morgan fingerprint density at radius 3 is 2.65 bits per heavy atom. The second-order valence-electron chi connectivity index (χ2n) is 4.27. The summed E-state index contributed by atoms with van der Waals surface area (Å²) < 4.78 is 2.62. The van der Waals surface area contributed by atoms with Crippen LogP contribution in [0.3, 0.4) is 0 Å². The Morgan fingerprint density at radius 2 is 2.24 bits per heavy atom. The van der Waals surface area contributed by atoms with Gasteiger partial charge in [-0.05, 0) is 22.6 Å². The topological polar surface area (TPSA) is 75.4 Å². The van der Waals surface area contributed by atoms with Crippen molar-refractivity contribution in [3.63, 3.8) is 0 Å². The molecule has 6 nitrogen and oxygen atoms in total. The third-order valence-corrected chi connectivity index (χ3v) is 3.49. The van der Waals surface area contributed by atoms with Crippen molar-refractivity contribution in [2.75, 3.05) is 13.1 Å². The number of aliphatic carboxylic acids is 1. The Hall–Kier alpha value is -1.12. The smallest absolute Gasteiger partial charge is 0.305 e. The quantitative estimate of drug-likeness (QED) is 0.808. The van der Waals surface area contributed by atoms with Crippen LogP contribution in [0.5, 0.6) is 0 Å². The molecular formula is C10H12IN3O3. The molecule has 1 aliphatic rings. The molecule has 92 valence electrons. The molecule has 0 atom stereocenters. The van der Waals surface area contributed by atoms with E-state index in [0.717, 1.165) is 3.57 Å². The van der Waals surface area contributed by atoms with E-state index in [1.54, 1.807) is 22.0 Å². The summed E-state index contributed by atoms with van der Waals surface area (Å²) in [6.45, 7) is 2.30. The number of hydrogen-bond donors (Lipinski definition) is 1. The Balaban J connectivity index is 2.22. The Bertz CT molecular complexity index is 465. The van der Waals surface area contributed by atoms with E-state index in [4.69, 9.17) is 5.11 Å². The van der Waals surface area contributed by atoms with Gasteiger partial charge in [-0.15, -0.1) is 0 Å². The van der Waals surface area contributed by atoms with Gasteiger partial charge < -0.3 is 10.0 Å². The highest BCUT2D eigenvalue weighted by molar-refractivity contribution is 14.1. The molecule has 2 heterocycles. The van der Waals surface area contributed by atoms with Gasteiger partial charge in [-0.2, -0.15) is 5.10 Å². The van der Waals surface area contributed by atoms with Crippen LogP contribution in [0.1, 0.15) is 13.3 Å². The number of carbonyl (C=O) groups excluding carboxylic acids is 1. The van der Waals surface area contributed by atoms with Gasteiger partial charge in [0.05, 0.1) is 16.2 Å². The zero-order valence-electron chi connectivity index (χ0n) is 9.26. The van der Waals surface area contributed by atoms with Crippen molar-refractivity contribution >= 4 is 34.5 Å². The Labute approximate surface area is 112 Å². The number of likely N-dealkylation sites (tertiary alicyclic amines) is 1. The van der Waals surface area contributed by atoms with Gasteiger partial charge in [-0.1, -0.05) is 0 Å². The van der Waals surface area contributed by atoms with Crippen LogP contribution in [-0.2, 0) is 15.1 Å². The fourth-order valence-corrected chi connectivity index (χ4v) is 2.45. The molecule has 0 bridgehead atoms. The van der Waals surface area contributed by atoms with Gasteiger partial charge in [0.25, 0.3) is 0 Å². The van der Waals surface area contributed by atoms with E-state index >= 15 is 0 Å². The maximum absolute atomic E-state index is 11.2. The first-order valence-electron chi connectivity index (χ1n) is 5.11. The maximum Gasteiger partial charge on any atom is 0.305 e. The highest BCUT2D eigenvalue weighted by Crippen LogP contribution is 2.32. The fraction of sp³-hybridized carbons (Fsp3) is 0.500. The summed E-state index contributed by atoms with van der Waals surface area (Å²) >= 11 is 2.12. The zero-order chi connectivity index (χ0) is 12.6. The molecule has 0 aliphatic carbocycles. The first kappa shape index (κ1) is 12.3. The summed E-state index contributed by atoms with van der Waals surface area (Å²) in [4.78, 5) is 23.7. The van der Waals surface area contributed by atoms with Crippen molar-refractivity contribution in [2.45, 2.75) is 18.9 Å². The molecular weight excluding hydrogens is 337 g/mol. The summed E-state index contributed by atoms with van der Waals surface area (Å²) in [5, 5.41) is 13.1. The third kappa shape index (κ3) is 2.28. The molecule has 0 spiro atoms. The number of carboxylic acid groups (broad SMARTS) is 1. The van der Waals surface area contributed by atoms with Crippen molar-refractivity contribution in [1.29, 1.82) is 0 Å². The predicted molar refractivity (Wildman–Crippen MR) is 67.4 cm³/mol. The van der Waals surface area contributed by atoms with Crippen molar-refractivity contribution in [3.8, 4) is 0 Å². The van der Waals surface area contributed by atoms with E-state index in [9.17, 15) is 9.59 Å². The molecule has 1 aliphatic heterocycles. The minimum Gasteiger partial charge on any atom is -0.481 e. The van der Waals surface area contributed by atoms with Crippen molar-refractivity contribution in [2.24, 2.45) is 0 Å². The highest BCUT2D eigenvalue weighted by atomic mass is 127. The molecule has 1 saturated heterocycles. The summed E-state index contributed by atoms with van der Waals surface area (Å²) in [5.41, 5.74) is -0.582. The highest BCUT2D eigenvalue weighted by Gasteiger charge is 2.48. The van der Waals surface area contributed by atoms with E-state index in [1.165, 1.54) is 6.92 Å². The zero-order valence-corrected chi connectivity index (χ0v) is 11.4. The summed E-state index contributed by atoms with van der Waals surface area (Å²) in [5.74, 6) is -0.911. The number of carbonyl (C=O) groups is 2. The van der Waals surface area contributed by atoms with Gasteiger partial charge in [0.1, 0.15) is 5.54 Å². The minimum atomic E-state index is -0.876. The molecule has 2 rings (SSSR count). The van der Waals surface area contributed by atoms with Crippen molar-refractivity contribution in [1.82, 2.24) is 14.7 Å². The van der Waals surface area contributed by atoms with Gasteiger partial charge in [-0.25, -0.2) is 0 Å². The number of aromatic nitrogens is 2. The van der Waals surface area contributed by atoms with Crippen LogP contribution >= 0.6 is 22.6 Å². The Morgan fingerprint density at radius 1 is 1.59 bits per heavy atom. The molecule has 0 aromatic carbocycles. The monoisotopic (exact) mass is 349 g/mol. The lowest BCUT2D eigenvalue weighted by molar-refractivity contribution is -0.150. The van der Waals surface area contributed by atoms with Gasteiger partial charge in [0.2, 0.25) is 5.91 Å². The van der Waals surface area contributed by atoms with E-state index in [0.29, 0.717) is 13.1 Å². The van der Waals surface area contributed by atoms with E-state index < -0.39 is 11.5 Å². The lowest BCUT2D eigenvalue weighted by atomic mass is 9.86. The Kier molecular flexibility index (Phi) is 3.11. The average molecular weight is 349 g/mol. The van der Waals surface area contributed by atoms with Gasteiger partial charge in [0.15, 0.2) is 0 Å². The van der Waals surface area contributed by atoms with Crippen molar-refractivity contribution in [3.05, 3.63) is 16.0 Å². The molecule has 7 heteroatoms. The second-order valence-corrected chi connectivity index (χ2v) is 5.52. The van der Waals surface area contributed by atoms with Crippen LogP contribution in [0.2, 0.25) is 0 Å². The molecule has 17 heavy (non-hydrogen) atoms.